The average Bonchev–Trinajstić information content (AvgIpc) is 3.07. The Kier molecular flexibility index (Phi) is 6.68. The number of thioether (sulfide) groups is 1. The van der Waals surface area contributed by atoms with Gasteiger partial charge in [-0.1, -0.05) is 36.0 Å². The molecule has 0 radical (unpaired) electrons. The Morgan fingerprint density at radius 3 is 2.73 bits per heavy atom. The summed E-state index contributed by atoms with van der Waals surface area (Å²) >= 11 is 1.19. The molecule has 0 aliphatic carbocycles. The number of nitro groups is 1. The van der Waals surface area contributed by atoms with Crippen LogP contribution in [0.3, 0.4) is 0 Å². The first-order valence-electron chi connectivity index (χ1n) is 9.10. The minimum Gasteiger partial charge on any atom is -0.485 e. The van der Waals surface area contributed by atoms with E-state index in [0.717, 1.165) is 16.9 Å². The van der Waals surface area contributed by atoms with Crippen LogP contribution in [0, 0.1) is 24.0 Å². The predicted molar refractivity (Wildman–Crippen MR) is 114 cm³/mol. The molecule has 2 aromatic carbocycles. The monoisotopic (exact) mass is 427 g/mol. The number of benzene rings is 2. The van der Waals surface area contributed by atoms with Crippen LogP contribution in [0.2, 0.25) is 0 Å². The van der Waals surface area contributed by atoms with Gasteiger partial charge in [-0.2, -0.15) is 0 Å². The van der Waals surface area contributed by atoms with Gasteiger partial charge in [0.2, 0.25) is 5.91 Å². The third-order valence-electron chi connectivity index (χ3n) is 4.54. The third-order valence-corrected chi connectivity index (χ3v) is 5.56. The number of carbonyl (C=O) groups is 1. The molecule has 1 heterocycles. The summed E-state index contributed by atoms with van der Waals surface area (Å²) in [5.74, 6) is 1.08. The number of aryl methyl sites for hydroxylation is 1. The zero-order chi connectivity index (χ0) is 21.7. The largest absolute Gasteiger partial charge is 0.485 e. The maximum Gasteiger partial charge on any atom is 0.292 e. The van der Waals surface area contributed by atoms with E-state index < -0.39 is 4.92 Å². The Morgan fingerprint density at radius 2 is 1.97 bits per heavy atom. The summed E-state index contributed by atoms with van der Waals surface area (Å²) in [6.07, 6.45) is 0. The summed E-state index contributed by atoms with van der Waals surface area (Å²) < 4.78 is 7.62. The van der Waals surface area contributed by atoms with Crippen LogP contribution < -0.4 is 10.1 Å². The van der Waals surface area contributed by atoms with Crippen LogP contribution in [0.15, 0.2) is 47.6 Å². The number of aromatic nitrogens is 3. The van der Waals surface area contributed by atoms with Crippen molar-refractivity contribution in [2.45, 2.75) is 25.6 Å². The lowest BCUT2D eigenvalue weighted by molar-refractivity contribution is -0.383. The Morgan fingerprint density at radius 1 is 1.20 bits per heavy atom. The summed E-state index contributed by atoms with van der Waals surface area (Å²) in [7, 11) is 1.80. The smallest absolute Gasteiger partial charge is 0.292 e. The van der Waals surface area contributed by atoms with E-state index in [9.17, 15) is 14.9 Å². The topological polar surface area (TPSA) is 112 Å². The highest BCUT2D eigenvalue weighted by Crippen LogP contribution is 2.25. The molecule has 3 rings (SSSR count). The van der Waals surface area contributed by atoms with Gasteiger partial charge >= 0.3 is 0 Å². The van der Waals surface area contributed by atoms with E-state index in [1.54, 1.807) is 23.7 Å². The molecule has 0 fully saturated rings. The second kappa shape index (κ2) is 9.40. The van der Waals surface area contributed by atoms with Crippen molar-refractivity contribution >= 4 is 29.0 Å². The molecule has 1 aromatic heterocycles. The molecule has 1 amide bonds. The van der Waals surface area contributed by atoms with Crippen molar-refractivity contribution in [2.24, 2.45) is 7.05 Å². The second-order valence-corrected chi connectivity index (χ2v) is 7.50. The first kappa shape index (κ1) is 21.3. The predicted octanol–water partition coefficient (Wildman–Crippen LogP) is 3.65. The molecule has 3 aromatic rings. The Hall–Kier alpha value is -3.40. The van der Waals surface area contributed by atoms with E-state index in [-0.39, 0.29) is 29.6 Å². The van der Waals surface area contributed by atoms with Gasteiger partial charge in [0.15, 0.2) is 11.0 Å². The molecular formula is C20H21N5O4S. The summed E-state index contributed by atoms with van der Waals surface area (Å²) in [6, 6.07) is 11.9. The molecule has 10 heteroatoms. The molecule has 30 heavy (non-hydrogen) atoms. The number of para-hydroxylation sites is 2. The van der Waals surface area contributed by atoms with Gasteiger partial charge in [0.25, 0.3) is 5.69 Å². The quantitative estimate of drug-likeness (QED) is 0.332. The lowest BCUT2D eigenvalue weighted by Crippen LogP contribution is -2.15. The molecule has 0 bridgehead atoms. The zero-order valence-electron chi connectivity index (χ0n) is 16.8. The molecule has 0 unspecified atom stereocenters. The number of nitrogens with one attached hydrogen (secondary N) is 1. The third kappa shape index (κ3) is 4.95. The number of rotatable bonds is 8. The van der Waals surface area contributed by atoms with Gasteiger partial charge in [0.1, 0.15) is 18.0 Å². The van der Waals surface area contributed by atoms with Gasteiger partial charge in [-0.05, 0) is 37.1 Å². The molecule has 0 atom stereocenters. The summed E-state index contributed by atoms with van der Waals surface area (Å²) in [4.78, 5) is 22.7. The lowest BCUT2D eigenvalue weighted by Gasteiger charge is -2.10. The van der Waals surface area contributed by atoms with Crippen LogP contribution in [0.25, 0.3) is 0 Å². The van der Waals surface area contributed by atoms with Crippen molar-refractivity contribution < 1.29 is 14.5 Å². The number of amides is 1. The number of ether oxygens (including phenoxy) is 1. The Labute approximate surface area is 177 Å². The number of hydrogen-bond acceptors (Lipinski definition) is 7. The molecule has 1 N–H and O–H groups in total. The van der Waals surface area contributed by atoms with Crippen molar-refractivity contribution in [3.8, 4) is 5.75 Å². The second-order valence-electron chi connectivity index (χ2n) is 6.56. The fourth-order valence-electron chi connectivity index (χ4n) is 2.67. The average molecular weight is 427 g/mol. The van der Waals surface area contributed by atoms with E-state index >= 15 is 0 Å². The Balaban J connectivity index is 1.58. The van der Waals surface area contributed by atoms with Crippen LogP contribution >= 0.6 is 11.8 Å². The normalized spacial score (nSPS) is 10.6. The fraction of sp³-hybridized carbons (Fsp3) is 0.250. The number of carbonyl (C=O) groups excluding carboxylic acids is 1. The number of anilines is 1. The highest BCUT2D eigenvalue weighted by molar-refractivity contribution is 7.99. The minimum atomic E-state index is -0.534. The molecule has 0 aliphatic rings. The van der Waals surface area contributed by atoms with Gasteiger partial charge < -0.3 is 14.6 Å². The highest BCUT2D eigenvalue weighted by Gasteiger charge is 2.16. The van der Waals surface area contributed by atoms with Crippen LogP contribution in [0.1, 0.15) is 17.0 Å². The van der Waals surface area contributed by atoms with Crippen LogP contribution in [-0.2, 0) is 18.4 Å². The first-order valence-corrected chi connectivity index (χ1v) is 10.1. The molecule has 0 aliphatic heterocycles. The molecule has 0 spiro atoms. The molecule has 0 saturated heterocycles. The van der Waals surface area contributed by atoms with E-state index in [1.807, 2.05) is 32.0 Å². The van der Waals surface area contributed by atoms with Crippen molar-refractivity contribution in [1.82, 2.24) is 14.8 Å². The summed E-state index contributed by atoms with van der Waals surface area (Å²) in [5.41, 5.74) is 2.22. The van der Waals surface area contributed by atoms with E-state index in [1.165, 1.54) is 23.9 Å². The molecular weight excluding hydrogens is 406 g/mol. The van der Waals surface area contributed by atoms with Gasteiger partial charge in [-0.15, -0.1) is 10.2 Å². The summed E-state index contributed by atoms with van der Waals surface area (Å²) in [5, 5.41) is 22.4. The Bertz CT molecular complexity index is 1080. The lowest BCUT2D eigenvalue weighted by atomic mass is 10.1. The fourth-order valence-corrected chi connectivity index (χ4v) is 3.40. The van der Waals surface area contributed by atoms with Crippen LogP contribution in [0.5, 0.6) is 5.75 Å². The molecule has 9 nitrogen and oxygen atoms in total. The minimum absolute atomic E-state index is 0.0376. The van der Waals surface area contributed by atoms with Gasteiger partial charge in [-0.3, -0.25) is 14.9 Å². The maximum absolute atomic E-state index is 12.2. The standard InChI is InChI=1S/C20H21N5O4S/c1-13-7-6-10-17(14(13)2)29-11-18-22-23-20(24(18)3)30-12-19(26)21-15-8-4-5-9-16(15)25(27)28/h4-10H,11-12H2,1-3H3,(H,21,26). The van der Waals surface area contributed by atoms with Crippen molar-refractivity contribution in [2.75, 3.05) is 11.1 Å². The number of nitrogens with zero attached hydrogens (tertiary/aromatic N) is 4. The van der Waals surface area contributed by atoms with Crippen LogP contribution in [-0.4, -0.2) is 31.3 Å². The van der Waals surface area contributed by atoms with Crippen LogP contribution in [0.4, 0.5) is 11.4 Å². The number of nitro benzene ring substituents is 1. The SMILES string of the molecule is Cc1cccc(OCc2nnc(SCC(=O)Nc3ccccc3[N+](=O)[O-])n2C)c1C. The van der Waals surface area contributed by atoms with E-state index in [4.69, 9.17) is 4.74 Å². The van der Waals surface area contributed by atoms with E-state index in [0.29, 0.717) is 11.0 Å². The zero-order valence-corrected chi connectivity index (χ0v) is 17.6. The maximum atomic E-state index is 12.2. The first-order chi connectivity index (χ1) is 14.4. The van der Waals surface area contributed by atoms with E-state index in [2.05, 4.69) is 15.5 Å². The highest BCUT2D eigenvalue weighted by atomic mass is 32.2. The molecule has 0 saturated carbocycles. The number of hydrogen-bond donors (Lipinski definition) is 1. The van der Waals surface area contributed by atoms with Crippen molar-refractivity contribution in [1.29, 1.82) is 0 Å². The van der Waals surface area contributed by atoms with Gasteiger partial charge in [-0.25, -0.2) is 0 Å². The molecule has 156 valence electrons. The van der Waals surface area contributed by atoms with Gasteiger partial charge in [0.05, 0.1) is 10.7 Å². The van der Waals surface area contributed by atoms with Gasteiger partial charge in [0, 0.05) is 13.1 Å². The van der Waals surface area contributed by atoms with Crippen molar-refractivity contribution in [3.05, 3.63) is 69.5 Å². The van der Waals surface area contributed by atoms with Crippen molar-refractivity contribution in [3.63, 3.8) is 0 Å². The summed E-state index contributed by atoms with van der Waals surface area (Å²) in [6.45, 7) is 4.27.